The van der Waals surface area contributed by atoms with Gasteiger partial charge in [-0.05, 0) is 18.6 Å². The predicted octanol–water partition coefficient (Wildman–Crippen LogP) is 1.73. The van der Waals surface area contributed by atoms with Gasteiger partial charge in [-0.2, -0.15) is 0 Å². The molecule has 1 aromatic rings. The Labute approximate surface area is 98.3 Å². The quantitative estimate of drug-likeness (QED) is 0.715. The lowest BCUT2D eigenvalue weighted by Gasteiger charge is -2.18. The molecule has 2 aliphatic heterocycles. The maximum Gasteiger partial charge on any atom is 0.256 e. The van der Waals surface area contributed by atoms with Gasteiger partial charge in [0, 0.05) is 28.6 Å². The molecular weight excluding hydrogens is 220 g/mol. The van der Waals surface area contributed by atoms with Gasteiger partial charge in [0.25, 0.3) is 5.91 Å². The highest BCUT2D eigenvalue weighted by atomic mass is 32.2. The number of thioether (sulfide) groups is 1. The number of benzene rings is 1. The summed E-state index contributed by atoms with van der Waals surface area (Å²) in [6.45, 7) is 1.76. The van der Waals surface area contributed by atoms with Crippen LogP contribution < -0.4 is 10.6 Å². The lowest BCUT2D eigenvalue weighted by molar-refractivity contribution is 0.0962. The van der Waals surface area contributed by atoms with Crippen molar-refractivity contribution in [3.05, 3.63) is 40.4 Å². The number of carbonyl (C=O) groups is 1. The summed E-state index contributed by atoms with van der Waals surface area (Å²) in [5.74, 6) is 0.0109. The standard InChI is InChI=1S/C12H12N2OS/c15-12-8-3-1-2-4-10(8)16-11-5-6-13-7-9(11)14-12/h1-4,13H,5-7H2,(H,14,15). The fourth-order valence-corrected chi connectivity index (χ4v) is 3.10. The summed E-state index contributed by atoms with van der Waals surface area (Å²) in [7, 11) is 0. The minimum Gasteiger partial charge on any atom is -0.324 e. The third-order valence-corrected chi connectivity index (χ3v) is 4.07. The molecular formula is C12H12N2OS. The highest BCUT2D eigenvalue weighted by Crippen LogP contribution is 2.36. The molecule has 0 saturated heterocycles. The Balaban J connectivity index is 2.06. The molecule has 2 aliphatic rings. The van der Waals surface area contributed by atoms with Crippen LogP contribution >= 0.6 is 11.8 Å². The molecule has 4 heteroatoms. The largest absolute Gasteiger partial charge is 0.324 e. The molecule has 3 rings (SSSR count). The third kappa shape index (κ3) is 1.64. The summed E-state index contributed by atoms with van der Waals surface area (Å²) >= 11 is 1.72. The molecule has 1 aromatic carbocycles. The SMILES string of the molecule is O=C1NC2=C(CCNC2)Sc2ccccc21. The second-order valence-corrected chi connectivity index (χ2v) is 5.02. The van der Waals surface area contributed by atoms with E-state index in [0.717, 1.165) is 35.7 Å². The second-order valence-electron chi connectivity index (χ2n) is 3.88. The summed E-state index contributed by atoms with van der Waals surface area (Å²) in [6, 6.07) is 7.77. The van der Waals surface area contributed by atoms with Gasteiger partial charge in [0.05, 0.1) is 5.56 Å². The Morgan fingerprint density at radius 3 is 3.06 bits per heavy atom. The highest BCUT2D eigenvalue weighted by molar-refractivity contribution is 8.03. The number of amides is 1. The van der Waals surface area contributed by atoms with Crippen molar-refractivity contribution < 1.29 is 4.79 Å². The van der Waals surface area contributed by atoms with Gasteiger partial charge in [-0.3, -0.25) is 4.79 Å². The molecule has 0 unspecified atom stereocenters. The summed E-state index contributed by atoms with van der Waals surface area (Å²) in [6.07, 6.45) is 0.995. The molecule has 3 nitrogen and oxygen atoms in total. The smallest absolute Gasteiger partial charge is 0.256 e. The van der Waals surface area contributed by atoms with Gasteiger partial charge >= 0.3 is 0 Å². The molecule has 0 radical (unpaired) electrons. The van der Waals surface area contributed by atoms with E-state index in [4.69, 9.17) is 0 Å². The van der Waals surface area contributed by atoms with Crippen LogP contribution in [0.3, 0.4) is 0 Å². The fraction of sp³-hybridized carbons (Fsp3) is 0.250. The van der Waals surface area contributed by atoms with Crippen molar-refractivity contribution in [1.82, 2.24) is 10.6 Å². The van der Waals surface area contributed by atoms with Gasteiger partial charge < -0.3 is 10.6 Å². The van der Waals surface area contributed by atoms with Crippen LogP contribution in [0.4, 0.5) is 0 Å². The first-order valence-electron chi connectivity index (χ1n) is 5.35. The molecule has 0 saturated carbocycles. The van der Waals surface area contributed by atoms with E-state index in [0.29, 0.717) is 0 Å². The van der Waals surface area contributed by atoms with Crippen molar-refractivity contribution in [2.24, 2.45) is 0 Å². The van der Waals surface area contributed by atoms with Crippen molar-refractivity contribution in [3.63, 3.8) is 0 Å². The number of fused-ring (bicyclic) bond motifs is 1. The van der Waals surface area contributed by atoms with Crippen LogP contribution in [0.1, 0.15) is 16.8 Å². The zero-order valence-corrected chi connectivity index (χ0v) is 9.56. The average Bonchev–Trinajstić information content (AvgIpc) is 2.45. The van der Waals surface area contributed by atoms with Gasteiger partial charge in [-0.15, -0.1) is 0 Å². The van der Waals surface area contributed by atoms with Crippen molar-refractivity contribution in [3.8, 4) is 0 Å². The molecule has 82 valence electrons. The van der Waals surface area contributed by atoms with Crippen LogP contribution in [0.15, 0.2) is 39.8 Å². The molecule has 0 fully saturated rings. The van der Waals surface area contributed by atoms with Gasteiger partial charge in [-0.25, -0.2) is 0 Å². The highest BCUT2D eigenvalue weighted by Gasteiger charge is 2.22. The number of hydrogen-bond donors (Lipinski definition) is 2. The Bertz CT molecular complexity index is 482. The Kier molecular flexibility index (Phi) is 2.46. The van der Waals surface area contributed by atoms with Crippen molar-refractivity contribution in [2.45, 2.75) is 11.3 Å². The molecule has 0 aliphatic carbocycles. The van der Waals surface area contributed by atoms with E-state index in [2.05, 4.69) is 10.6 Å². The normalized spacial score (nSPS) is 19.6. The first kappa shape index (κ1) is 9.93. The topological polar surface area (TPSA) is 41.1 Å². The Morgan fingerprint density at radius 1 is 1.25 bits per heavy atom. The van der Waals surface area contributed by atoms with Crippen LogP contribution in [0.25, 0.3) is 0 Å². The van der Waals surface area contributed by atoms with E-state index >= 15 is 0 Å². The maximum absolute atomic E-state index is 12.0. The van der Waals surface area contributed by atoms with E-state index in [1.165, 1.54) is 4.91 Å². The van der Waals surface area contributed by atoms with Crippen molar-refractivity contribution in [1.29, 1.82) is 0 Å². The second kappa shape index (κ2) is 3.96. The number of hydrogen-bond acceptors (Lipinski definition) is 3. The van der Waals surface area contributed by atoms with Crippen molar-refractivity contribution >= 4 is 17.7 Å². The summed E-state index contributed by atoms with van der Waals surface area (Å²) < 4.78 is 0. The third-order valence-electron chi connectivity index (χ3n) is 2.80. The monoisotopic (exact) mass is 232 g/mol. The summed E-state index contributed by atoms with van der Waals surface area (Å²) in [5.41, 5.74) is 1.82. The Morgan fingerprint density at radius 2 is 2.12 bits per heavy atom. The minimum atomic E-state index is 0.0109. The van der Waals surface area contributed by atoms with Crippen LogP contribution in [-0.2, 0) is 0 Å². The van der Waals surface area contributed by atoms with E-state index in [1.54, 1.807) is 11.8 Å². The fourth-order valence-electron chi connectivity index (χ4n) is 1.97. The predicted molar refractivity (Wildman–Crippen MR) is 64.3 cm³/mol. The lowest BCUT2D eigenvalue weighted by atomic mass is 10.2. The molecule has 2 heterocycles. The molecule has 0 spiro atoms. The number of rotatable bonds is 0. The van der Waals surface area contributed by atoms with Crippen molar-refractivity contribution in [2.75, 3.05) is 13.1 Å². The van der Waals surface area contributed by atoms with Gasteiger partial charge in [0.1, 0.15) is 0 Å². The van der Waals surface area contributed by atoms with E-state index in [-0.39, 0.29) is 5.91 Å². The van der Waals surface area contributed by atoms with Crippen LogP contribution in [0, 0.1) is 0 Å². The zero-order chi connectivity index (χ0) is 11.0. The lowest BCUT2D eigenvalue weighted by Crippen LogP contribution is -2.33. The van der Waals surface area contributed by atoms with Gasteiger partial charge in [0.15, 0.2) is 0 Å². The molecule has 0 atom stereocenters. The molecule has 0 aromatic heterocycles. The van der Waals surface area contributed by atoms with Crippen LogP contribution in [0.5, 0.6) is 0 Å². The number of carbonyl (C=O) groups excluding carboxylic acids is 1. The molecule has 2 N–H and O–H groups in total. The summed E-state index contributed by atoms with van der Waals surface area (Å²) in [4.78, 5) is 14.3. The molecule has 0 bridgehead atoms. The van der Waals surface area contributed by atoms with E-state index in [1.807, 2.05) is 24.3 Å². The van der Waals surface area contributed by atoms with Gasteiger partial charge in [0.2, 0.25) is 0 Å². The number of nitrogens with one attached hydrogen (secondary N) is 2. The first-order chi connectivity index (χ1) is 7.84. The van der Waals surface area contributed by atoms with Crippen LogP contribution in [-0.4, -0.2) is 19.0 Å². The minimum absolute atomic E-state index is 0.0109. The van der Waals surface area contributed by atoms with Crippen LogP contribution in [0.2, 0.25) is 0 Å². The van der Waals surface area contributed by atoms with Gasteiger partial charge in [-0.1, -0.05) is 23.9 Å². The Hall–Kier alpha value is -1.26. The first-order valence-corrected chi connectivity index (χ1v) is 6.17. The molecule has 1 amide bonds. The summed E-state index contributed by atoms with van der Waals surface area (Å²) in [5, 5.41) is 6.27. The van der Waals surface area contributed by atoms with E-state index < -0.39 is 0 Å². The van der Waals surface area contributed by atoms with E-state index in [9.17, 15) is 4.79 Å². The maximum atomic E-state index is 12.0. The molecule has 16 heavy (non-hydrogen) atoms. The average molecular weight is 232 g/mol. The zero-order valence-electron chi connectivity index (χ0n) is 8.75.